The third-order valence-corrected chi connectivity index (χ3v) is 15.1. The predicted octanol–water partition coefficient (Wildman–Crippen LogP) is 18.1. The van der Waals surface area contributed by atoms with Gasteiger partial charge in [-0.2, -0.15) is 0 Å². The van der Waals surface area contributed by atoms with Gasteiger partial charge in [-0.1, -0.05) is 224 Å². The summed E-state index contributed by atoms with van der Waals surface area (Å²) < 4.78 is 2.39. The predicted molar refractivity (Wildman–Crippen MR) is 298 cm³/mol. The van der Waals surface area contributed by atoms with Crippen molar-refractivity contribution < 1.29 is 0 Å². The van der Waals surface area contributed by atoms with Crippen molar-refractivity contribution in [3.8, 4) is 61.3 Å². The summed E-state index contributed by atoms with van der Waals surface area (Å²) in [6, 6.07) is 99.2. The van der Waals surface area contributed by atoms with Crippen molar-refractivity contribution in [3.63, 3.8) is 0 Å². The van der Waals surface area contributed by atoms with Gasteiger partial charge < -0.3 is 4.57 Å². The molecule has 0 radical (unpaired) electrons. The molecule has 14 rings (SSSR count). The number of para-hydroxylation sites is 2. The molecule has 1 heteroatoms. The van der Waals surface area contributed by atoms with Crippen molar-refractivity contribution in [1.29, 1.82) is 0 Å². The van der Waals surface area contributed by atoms with Crippen LogP contribution in [0.15, 0.2) is 267 Å². The molecule has 2 aliphatic carbocycles. The van der Waals surface area contributed by atoms with Crippen LogP contribution in [0.5, 0.6) is 0 Å². The van der Waals surface area contributed by atoms with Crippen LogP contribution < -0.4 is 0 Å². The van der Waals surface area contributed by atoms with Crippen LogP contribution in [-0.4, -0.2) is 4.57 Å². The maximum absolute atomic E-state index is 2.54. The molecule has 71 heavy (non-hydrogen) atoms. The Morgan fingerprint density at radius 2 is 0.732 bits per heavy atom. The minimum absolute atomic E-state index is 0.0517. The standard InChI is InChI=1S/C70H47N/c1-4-18-47(19-5-1)52-41-53(48-20-6-2-7-21-48)43-54(42-52)64(40-46-32-34-49(35-33-46)50-37-39-68-65(44-50)60-27-16-17-31-67(60)71(68)55-22-8-3-9-23-55)51-36-38-59-58-26-12-15-30-63(58)70(66(59)45-51)69-61-28-13-10-24-56(61)57-25-11-14-29-62(57)69/h1-39,41-45,64H,40H2. The quantitative estimate of drug-likeness (QED) is 0.143. The smallest absolute Gasteiger partial charge is 0.0541 e. The lowest BCUT2D eigenvalue weighted by molar-refractivity contribution is 0.805. The van der Waals surface area contributed by atoms with Gasteiger partial charge in [0.15, 0.2) is 0 Å². The van der Waals surface area contributed by atoms with E-state index >= 15 is 0 Å². The molecule has 0 N–H and O–H groups in total. The van der Waals surface area contributed by atoms with Crippen LogP contribution in [-0.2, 0) is 6.42 Å². The van der Waals surface area contributed by atoms with E-state index in [9.17, 15) is 0 Å². The number of aromatic nitrogens is 1. The molecule has 0 fully saturated rings. The van der Waals surface area contributed by atoms with Crippen molar-refractivity contribution in [2.45, 2.75) is 12.3 Å². The maximum Gasteiger partial charge on any atom is 0.0541 e. The molecule has 1 atom stereocenters. The maximum atomic E-state index is 2.54. The lowest BCUT2D eigenvalue weighted by Gasteiger charge is -2.22. The van der Waals surface area contributed by atoms with Crippen LogP contribution in [0.25, 0.3) is 94.3 Å². The molecule has 1 unspecified atom stereocenters. The van der Waals surface area contributed by atoms with E-state index in [1.54, 1.807) is 0 Å². The molecule has 2 aliphatic rings. The normalized spacial score (nSPS) is 12.7. The fourth-order valence-corrected chi connectivity index (χ4v) is 11.8. The third kappa shape index (κ3) is 6.92. The highest BCUT2D eigenvalue weighted by atomic mass is 15.0. The first-order valence-corrected chi connectivity index (χ1v) is 24.8. The Bertz CT molecular complexity index is 3940. The zero-order chi connectivity index (χ0) is 46.8. The Balaban J connectivity index is 0.924. The van der Waals surface area contributed by atoms with E-state index in [1.165, 1.54) is 133 Å². The molecule has 0 saturated carbocycles. The van der Waals surface area contributed by atoms with E-state index < -0.39 is 0 Å². The van der Waals surface area contributed by atoms with Gasteiger partial charge in [-0.05, 0) is 155 Å². The molecule has 332 valence electrons. The molecule has 0 saturated heterocycles. The molecule has 0 bridgehead atoms. The Hall–Kier alpha value is -9.04. The summed E-state index contributed by atoms with van der Waals surface area (Å²) >= 11 is 0. The number of nitrogens with zero attached hydrogens (tertiary/aromatic N) is 1. The first kappa shape index (κ1) is 41.0. The largest absolute Gasteiger partial charge is 0.309 e. The highest BCUT2D eigenvalue weighted by Crippen LogP contribution is 2.55. The monoisotopic (exact) mass is 901 g/mol. The lowest BCUT2D eigenvalue weighted by Crippen LogP contribution is -2.07. The van der Waals surface area contributed by atoms with Crippen LogP contribution >= 0.6 is 0 Å². The highest BCUT2D eigenvalue weighted by Gasteiger charge is 2.33. The number of fused-ring (bicyclic) bond motifs is 9. The zero-order valence-electron chi connectivity index (χ0n) is 39.1. The van der Waals surface area contributed by atoms with Crippen LogP contribution in [0.4, 0.5) is 0 Å². The molecular formula is C70H47N. The van der Waals surface area contributed by atoms with Crippen LogP contribution in [0.1, 0.15) is 44.9 Å². The average Bonchev–Trinajstić information content (AvgIpc) is 4.08. The van der Waals surface area contributed by atoms with Crippen molar-refractivity contribution in [1.82, 2.24) is 4.57 Å². The summed E-state index contributed by atoms with van der Waals surface area (Å²) in [4.78, 5) is 0. The summed E-state index contributed by atoms with van der Waals surface area (Å²) in [7, 11) is 0. The fraction of sp³-hybridized carbons (Fsp3) is 0.0286. The Labute approximate surface area is 414 Å². The van der Waals surface area contributed by atoms with Gasteiger partial charge in [0.25, 0.3) is 0 Å². The van der Waals surface area contributed by atoms with Crippen molar-refractivity contribution in [2.75, 3.05) is 0 Å². The van der Waals surface area contributed by atoms with Crippen molar-refractivity contribution in [3.05, 3.63) is 306 Å². The Kier molecular flexibility index (Phi) is 9.74. The van der Waals surface area contributed by atoms with Crippen LogP contribution in [0, 0.1) is 0 Å². The van der Waals surface area contributed by atoms with Crippen LogP contribution in [0.2, 0.25) is 0 Å². The summed E-state index contributed by atoms with van der Waals surface area (Å²) in [5.74, 6) is 0.0517. The van der Waals surface area contributed by atoms with Crippen molar-refractivity contribution >= 4 is 33.0 Å². The Morgan fingerprint density at radius 1 is 0.268 bits per heavy atom. The third-order valence-electron chi connectivity index (χ3n) is 15.1. The first-order valence-electron chi connectivity index (χ1n) is 24.8. The Morgan fingerprint density at radius 3 is 1.34 bits per heavy atom. The van der Waals surface area contributed by atoms with E-state index in [0.29, 0.717) is 0 Å². The second kappa shape index (κ2) is 16.9. The van der Waals surface area contributed by atoms with E-state index in [-0.39, 0.29) is 5.92 Å². The van der Waals surface area contributed by atoms with Gasteiger partial charge in [-0.3, -0.25) is 0 Å². The van der Waals surface area contributed by atoms with Crippen LogP contribution in [0.3, 0.4) is 0 Å². The van der Waals surface area contributed by atoms with Gasteiger partial charge in [0.2, 0.25) is 0 Å². The van der Waals surface area contributed by atoms with Gasteiger partial charge in [0.1, 0.15) is 0 Å². The molecule has 1 aromatic heterocycles. The summed E-state index contributed by atoms with van der Waals surface area (Å²) in [5.41, 5.74) is 27.9. The van der Waals surface area contributed by atoms with Gasteiger partial charge >= 0.3 is 0 Å². The molecule has 1 heterocycles. The molecule has 0 spiro atoms. The zero-order valence-corrected chi connectivity index (χ0v) is 39.1. The number of hydrogen-bond acceptors (Lipinski definition) is 0. The number of rotatable bonds is 8. The SMILES string of the molecule is c1ccc(-c2cc(-c3ccccc3)cc(C(Cc3ccc(-c4ccc5c(c4)c4ccccc4n5-c4ccccc4)cc3)c3ccc4c(c3)C(=C3c5ccccc5-c5ccccc53)c3ccccc3-4)c2)cc1. The second-order valence-corrected chi connectivity index (χ2v) is 19.1. The second-order valence-electron chi connectivity index (χ2n) is 19.1. The minimum atomic E-state index is 0.0517. The number of benzene rings is 11. The van der Waals surface area contributed by atoms with E-state index in [2.05, 4.69) is 271 Å². The van der Waals surface area contributed by atoms with Gasteiger partial charge in [0.05, 0.1) is 11.0 Å². The average molecular weight is 902 g/mol. The summed E-state index contributed by atoms with van der Waals surface area (Å²) in [5, 5.41) is 2.52. The van der Waals surface area contributed by atoms with Gasteiger partial charge in [-0.15, -0.1) is 0 Å². The van der Waals surface area contributed by atoms with Crippen molar-refractivity contribution in [2.24, 2.45) is 0 Å². The summed E-state index contributed by atoms with van der Waals surface area (Å²) in [6.07, 6.45) is 0.833. The molecule has 12 aromatic rings. The van der Waals surface area contributed by atoms with E-state index in [4.69, 9.17) is 0 Å². The molecular weight excluding hydrogens is 855 g/mol. The van der Waals surface area contributed by atoms with E-state index in [1.807, 2.05) is 0 Å². The van der Waals surface area contributed by atoms with E-state index in [0.717, 1.165) is 6.42 Å². The van der Waals surface area contributed by atoms with Gasteiger partial charge in [0, 0.05) is 22.4 Å². The fourth-order valence-electron chi connectivity index (χ4n) is 11.8. The molecule has 0 aliphatic heterocycles. The topological polar surface area (TPSA) is 4.93 Å². The minimum Gasteiger partial charge on any atom is -0.309 e. The molecule has 0 amide bonds. The number of hydrogen-bond donors (Lipinski definition) is 0. The molecule has 1 nitrogen and oxygen atoms in total. The first-order chi connectivity index (χ1) is 35.2. The molecule has 11 aromatic carbocycles. The summed E-state index contributed by atoms with van der Waals surface area (Å²) in [6.45, 7) is 0. The van der Waals surface area contributed by atoms with Gasteiger partial charge in [-0.25, -0.2) is 0 Å². The lowest BCUT2D eigenvalue weighted by atomic mass is 9.81. The highest BCUT2D eigenvalue weighted by molar-refractivity contribution is 6.19.